The summed E-state index contributed by atoms with van der Waals surface area (Å²) < 4.78 is 42.8. The predicted octanol–water partition coefficient (Wildman–Crippen LogP) is 2.81. The molecule has 1 rings (SSSR count). The molecule has 1 aromatic heterocycles. The average Bonchev–Trinajstić information content (AvgIpc) is 2.35. The Morgan fingerprint density at radius 2 is 2.16 bits per heavy atom. The Morgan fingerprint density at radius 3 is 2.68 bits per heavy atom. The fourth-order valence-electron chi connectivity index (χ4n) is 1.39. The molecule has 1 N–H and O–H groups in total. The van der Waals surface area contributed by atoms with E-state index in [4.69, 9.17) is 10.00 Å². The van der Waals surface area contributed by atoms with Crippen LogP contribution in [-0.2, 0) is 10.9 Å². The number of hydrogen-bond donors (Lipinski definition) is 1. The quantitative estimate of drug-likeness (QED) is 0.896. The highest BCUT2D eigenvalue weighted by molar-refractivity contribution is 5.53. The van der Waals surface area contributed by atoms with Crippen LogP contribution in [0.2, 0.25) is 0 Å². The van der Waals surface area contributed by atoms with Crippen LogP contribution in [0.25, 0.3) is 0 Å². The number of anilines is 1. The zero-order valence-corrected chi connectivity index (χ0v) is 10.6. The highest BCUT2D eigenvalue weighted by Gasteiger charge is 2.33. The smallest absolute Gasteiger partial charge is 0.380 e. The molecule has 19 heavy (non-hydrogen) atoms. The van der Waals surface area contributed by atoms with E-state index in [-0.39, 0.29) is 17.4 Å². The molecular weight excluding hydrogens is 259 g/mol. The summed E-state index contributed by atoms with van der Waals surface area (Å²) in [4.78, 5) is 3.45. The fourth-order valence-corrected chi connectivity index (χ4v) is 1.39. The van der Waals surface area contributed by atoms with Crippen LogP contribution < -0.4 is 5.32 Å². The highest BCUT2D eigenvalue weighted by atomic mass is 19.4. The number of nitrogens with zero attached hydrogens (tertiary/aromatic N) is 2. The van der Waals surface area contributed by atoms with Crippen LogP contribution in [0.5, 0.6) is 0 Å². The van der Waals surface area contributed by atoms with Gasteiger partial charge >= 0.3 is 6.18 Å². The van der Waals surface area contributed by atoms with Crippen molar-refractivity contribution in [2.45, 2.75) is 26.1 Å². The third kappa shape index (κ3) is 4.41. The molecule has 1 heterocycles. The minimum atomic E-state index is -4.53. The summed E-state index contributed by atoms with van der Waals surface area (Å²) in [5.41, 5.74) is -0.964. The van der Waals surface area contributed by atoms with Gasteiger partial charge in [0.1, 0.15) is 17.6 Å². The van der Waals surface area contributed by atoms with Gasteiger partial charge in [-0.25, -0.2) is 4.98 Å². The van der Waals surface area contributed by atoms with Gasteiger partial charge in [-0.3, -0.25) is 0 Å². The summed E-state index contributed by atoms with van der Waals surface area (Å²) in [5.74, 6) is -0.0791. The first-order valence-electron chi connectivity index (χ1n) is 5.71. The minimum absolute atomic E-state index is 0.0661. The molecule has 0 aromatic carbocycles. The Labute approximate surface area is 109 Å². The van der Waals surface area contributed by atoms with Gasteiger partial charge in [0, 0.05) is 12.6 Å². The molecule has 1 unspecified atom stereocenters. The van der Waals surface area contributed by atoms with Crippen molar-refractivity contribution in [2.75, 3.05) is 18.5 Å². The van der Waals surface area contributed by atoms with Crippen LogP contribution in [-0.4, -0.2) is 24.2 Å². The van der Waals surface area contributed by atoms with Gasteiger partial charge in [-0.1, -0.05) is 0 Å². The molecule has 0 radical (unpaired) electrons. The first-order chi connectivity index (χ1) is 8.88. The van der Waals surface area contributed by atoms with Crippen LogP contribution in [0.15, 0.2) is 12.1 Å². The minimum Gasteiger partial charge on any atom is -0.380 e. The number of nitriles is 1. The lowest BCUT2D eigenvalue weighted by atomic mass is 10.2. The van der Waals surface area contributed by atoms with Crippen molar-refractivity contribution in [1.82, 2.24) is 4.98 Å². The van der Waals surface area contributed by atoms with E-state index in [9.17, 15) is 13.2 Å². The van der Waals surface area contributed by atoms with Crippen molar-refractivity contribution < 1.29 is 17.9 Å². The zero-order valence-electron chi connectivity index (χ0n) is 10.6. The molecule has 0 saturated heterocycles. The van der Waals surface area contributed by atoms with Gasteiger partial charge in [-0.2, -0.15) is 18.4 Å². The Kier molecular flexibility index (Phi) is 5.12. The van der Waals surface area contributed by atoms with Gasteiger partial charge in [0.15, 0.2) is 0 Å². The van der Waals surface area contributed by atoms with E-state index in [0.29, 0.717) is 13.2 Å². The van der Waals surface area contributed by atoms with Gasteiger partial charge in [0.05, 0.1) is 12.2 Å². The lowest BCUT2D eigenvalue weighted by molar-refractivity contribution is -0.141. The van der Waals surface area contributed by atoms with Crippen LogP contribution in [0.3, 0.4) is 0 Å². The number of nitrogens with one attached hydrogen (secondary N) is 1. The molecule has 7 heteroatoms. The molecule has 0 saturated carbocycles. The second-order valence-corrected chi connectivity index (χ2v) is 3.91. The molecule has 0 bridgehead atoms. The first-order valence-corrected chi connectivity index (χ1v) is 5.71. The number of ether oxygens (including phenoxy) is 1. The number of halogens is 3. The Bertz CT molecular complexity index is 468. The molecule has 0 aliphatic heterocycles. The van der Waals surface area contributed by atoms with E-state index < -0.39 is 11.9 Å². The maximum atomic E-state index is 12.5. The lowest BCUT2D eigenvalue weighted by Gasteiger charge is -2.16. The summed E-state index contributed by atoms with van der Waals surface area (Å²) >= 11 is 0. The van der Waals surface area contributed by atoms with Gasteiger partial charge in [-0.05, 0) is 26.0 Å². The first kappa shape index (κ1) is 15.2. The molecule has 0 aliphatic rings. The number of hydrogen-bond acceptors (Lipinski definition) is 4. The SMILES string of the molecule is CCOCC(C)Nc1nc(C(F)(F)F)ccc1C#N. The van der Waals surface area contributed by atoms with E-state index in [0.717, 1.165) is 12.1 Å². The van der Waals surface area contributed by atoms with Crippen LogP contribution in [0.4, 0.5) is 19.0 Å². The third-order valence-corrected chi connectivity index (χ3v) is 2.26. The van der Waals surface area contributed by atoms with E-state index >= 15 is 0 Å². The maximum absolute atomic E-state index is 12.5. The Hall–Kier alpha value is -1.81. The molecular formula is C12H14F3N3O. The molecule has 0 spiro atoms. The van der Waals surface area contributed by atoms with E-state index in [2.05, 4.69) is 10.3 Å². The predicted molar refractivity (Wildman–Crippen MR) is 63.5 cm³/mol. The van der Waals surface area contributed by atoms with Crippen molar-refractivity contribution >= 4 is 5.82 Å². The van der Waals surface area contributed by atoms with Crippen molar-refractivity contribution in [3.05, 3.63) is 23.4 Å². The van der Waals surface area contributed by atoms with Gasteiger partial charge in [0.25, 0.3) is 0 Å². The molecule has 0 amide bonds. The van der Waals surface area contributed by atoms with Crippen LogP contribution in [0.1, 0.15) is 25.1 Å². The second kappa shape index (κ2) is 6.38. The van der Waals surface area contributed by atoms with Crippen LogP contribution >= 0.6 is 0 Å². The maximum Gasteiger partial charge on any atom is 0.433 e. The second-order valence-electron chi connectivity index (χ2n) is 3.91. The van der Waals surface area contributed by atoms with Crippen molar-refractivity contribution in [3.63, 3.8) is 0 Å². The zero-order chi connectivity index (χ0) is 14.5. The normalized spacial score (nSPS) is 12.8. The highest BCUT2D eigenvalue weighted by Crippen LogP contribution is 2.29. The van der Waals surface area contributed by atoms with Crippen molar-refractivity contribution in [1.29, 1.82) is 5.26 Å². The average molecular weight is 273 g/mol. The topological polar surface area (TPSA) is 57.9 Å². The molecule has 0 aliphatic carbocycles. The standard InChI is InChI=1S/C12H14F3N3O/c1-3-19-7-8(2)17-11-9(6-16)4-5-10(18-11)12(13,14)15/h4-5,8H,3,7H2,1-2H3,(H,17,18). The van der Waals surface area contributed by atoms with Crippen molar-refractivity contribution in [2.24, 2.45) is 0 Å². The van der Waals surface area contributed by atoms with Gasteiger partial charge in [0.2, 0.25) is 0 Å². The van der Waals surface area contributed by atoms with E-state index in [1.165, 1.54) is 0 Å². The summed E-state index contributed by atoms with van der Waals surface area (Å²) in [6.07, 6.45) is -4.53. The van der Waals surface area contributed by atoms with Crippen LogP contribution in [0, 0.1) is 11.3 Å². The number of alkyl halides is 3. The number of rotatable bonds is 5. The fraction of sp³-hybridized carbons (Fsp3) is 0.500. The molecule has 4 nitrogen and oxygen atoms in total. The lowest BCUT2D eigenvalue weighted by Crippen LogP contribution is -2.23. The largest absolute Gasteiger partial charge is 0.433 e. The summed E-state index contributed by atoms with van der Waals surface area (Å²) in [6, 6.07) is 3.45. The Balaban J connectivity index is 2.94. The molecule has 0 fully saturated rings. The summed E-state index contributed by atoms with van der Waals surface area (Å²) in [5, 5.41) is 11.6. The number of aromatic nitrogens is 1. The summed E-state index contributed by atoms with van der Waals surface area (Å²) in [6.45, 7) is 4.38. The Morgan fingerprint density at radius 1 is 1.47 bits per heavy atom. The molecule has 104 valence electrons. The van der Waals surface area contributed by atoms with Gasteiger partial charge in [-0.15, -0.1) is 0 Å². The summed E-state index contributed by atoms with van der Waals surface area (Å²) in [7, 11) is 0. The molecule has 1 atom stereocenters. The van der Waals surface area contributed by atoms with Crippen molar-refractivity contribution in [3.8, 4) is 6.07 Å². The van der Waals surface area contributed by atoms with Gasteiger partial charge < -0.3 is 10.1 Å². The third-order valence-electron chi connectivity index (χ3n) is 2.26. The van der Waals surface area contributed by atoms with E-state index in [1.54, 1.807) is 13.0 Å². The molecule has 1 aromatic rings. The number of pyridine rings is 1. The monoisotopic (exact) mass is 273 g/mol. The van der Waals surface area contributed by atoms with E-state index in [1.807, 2.05) is 6.92 Å².